The quantitative estimate of drug-likeness (QED) is 0.0125. The van der Waals surface area contributed by atoms with E-state index in [0.717, 1.165) is 6.92 Å². The highest BCUT2D eigenvalue weighted by Gasteiger charge is 2.40. The molecule has 15 atom stereocenters. The highest BCUT2D eigenvalue weighted by atomic mass is 32.1. The first-order valence-corrected chi connectivity index (χ1v) is 37.6. The van der Waals surface area contributed by atoms with E-state index in [1.54, 1.807) is 71.9 Å². The van der Waals surface area contributed by atoms with E-state index in [4.69, 9.17) is 40.1 Å². The zero-order valence-electron chi connectivity index (χ0n) is 64.9. The van der Waals surface area contributed by atoms with Crippen molar-refractivity contribution in [1.82, 2.24) is 63.8 Å². The van der Waals surface area contributed by atoms with Gasteiger partial charge in [-0.1, -0.05) is 92.1 Å². The van der Waals surface area contributed by atoms with Crippen LogP contribution in [-0.2, 0) is 83.1 Å². The maximum absolute atomic E-state index is 14.8. The van der Waals surface area contributed by atoms with Crippen LogP contribution in [0.4, 0.5) is 0 Å². The molecule has 1 aromatic rings. The first-order valence-electron chi connectivity index (χ1n) is 37.0. The molecule has 112 heavy (non-hydrogen) atoms. The topological polar surface area (TPSA) is 705 Å². The molecule has 0 aliphatic rings. The average Bonchev–Trinajstić information content (AvgIpc) is 0.847. The number of thiol groups is 1. The Bertz CT molecular complexity index is 3380. The number of amides is 13. The van der Waals surface area contributed by atoms with Crippen LogP contribution in [0.1, 0.15) is 158 Å². The van der Waals surface area contributed by atoms with Crippen molar-refractivity contribution in [2.45, 2.75) is 243 Å². The second-order valence-corrected chi connectivity index (χ2v) is 28.6. The molecule has 0 unspecified atom stereocenters. The van der Waals surface area contributed by atoms with Gasteiger partial charge in [-0.3, -0.25) is 81.9 Å². The summed E-state index contributed by atoms with van der Waals surface area (Å²) in [5, 5.41) is 69.9. The predicted molar refractivity (Wildman–Crippen MR) is 413 cm³/mol. The number of hydrogen-bond acceptors (Lipinski definition) is 22. The van der Waals surface area contributed by atoms with Crippen LogP contribution < -0.4 is 104 Å². The van der Waals surface area contributed by atoms with Gasteiger partial charge in [-0.25, -0.2) is 4.79 Å². The second kappa shape index (κ2) is 51.9. The highest BCUT2D eigenvalue weighted by Crippen LogP contribution is 2.17. The third kappa shape index (κ3) is 38.4. The Kier molecular flexibility index (Phi) is 46.1. The lowest BCUT2D eigenvalue weighted by Gasteiger charge is -2.31. The van der Waals surface area contributed by atoms with Crippen LogP contribution in [0.3, 0.4) is 0 Å². The van der Waals surface area contributed by atoms with E-state index in [1.807, 2.05) is 0 Å². The number of benzene rings is 1. The molecule has 0 aromatic heterocycles. The van der Waals surface area contributed by atoms with Crippen molar-refractivity contribution in [3.63, 3.8) is 0 Å². The molecule has 1 rings (SSSR count). The van der Waals surface area contributed by atoms with Crippen molar-refractivity contribution in [2.75, 3.05) is 25.4 Å². The summed E-state index contributed by atoms with van der Waals surface area (Å²) in [5.41, 5.74) is 39.1. The molecule has 0 aliphatic heterocycles. The number of primary amides is 1. The molecule has 41 nitrogen and oxygen atoms in total. The Labute approximate surface area is 655 Å². The maximum Gasteiger partial charge on any atom is 0.326 e. The number of aliphatic carboxylic acids is 3. The van der Waals surface area contributed by atoms with E-state index in [-0.39, 0.29) is 94.6 Å². The molecule has 630 valence electrons. The number of carboxylic acids is 3. The van der Waals surface area contributed by atoms with E-state index >= 15 is 0 Å². The molecule has 0 heterocycles. The van der Waals surface area contributed by atoms with Crippen LogP contribution >= 0.6 is 12.6 Å². The lowest BCUT2D eigenvalue weighted by atomic mass is 9.95. The first-order chi connectivity index (χ1) is 52.5. The van der Waals surface area contributed by atoms with E-state index in [9.17, 15) is 97.1 Å². The van der Waals surface area contributed by atoms with Gasteiger partial charge in [-0.15, -0.1) is 0 Å². The number of guanidine groups is 2. The molecule has 0 saturated heterocycles. The summed E-state index contributed by atoms with van der Waals surface area (Å²) in [6.45, 7) is 14.2. The molecule has 0 bridgehead atoms. The van der Waals surface area contributed by atoms with Crippen LogP contribution in [-0.4, -0.2) is 237 Å². The molecule has 0 fully saturated rings. The summed E-state index contributed by atoms with van der Waals surface area (Å²) in [4.78, 5) is 225. The molecule has 0 radical (unpaired) electrons. The molecule has 1 aromatic carbocycles. The van der Waals surface area contributed by atoms with Crippen molar-refractivity contribution in [3.8, 4) is 0 Å². The Morgan fingerprint density at radius 2 is 0.804 bits per heavy atom. The number of nitrogens with one attached hydrogen (secondary N) is 12. The predicted octanol–water partition coefficient (Wildman–Crippen LogP) is -5.99. The minimum atomic E-state index is -1.95. The molecule has 13 amide bonds. The summed E-state index contributed by atoms with van der Waals surface area (Å²) in [7, 11) is 0. The van der Waals surface area contributed by atoms with Gasteiger partial charge in [0, 0.05) is 38.1 Å². The molecule has 42 heteroatoms. The number of carbonyl (C=O) groups excluding carboxylic acids is 13. The van der Waals surface area contributed by atoms with E-state index in [1.165, 1.54) is 13.8 Å². The maximum atomic E-state index is 14.8. The van der Waals surface area contributed by atoms with Crippen molar-refractivity contribution >= 4 is 119 Å². The van der Waals surface area contributed by atoms with Crippen molar-refractivity contribution in [1.29, 1.82) is 0 Å². The number of carbonyl (C=O) groups is 16. The summed E-state index contributed by atoms with van der Waals surface area (Å²) in [6, 6.07) is -12.1. The van der Waals surface area contributed by atoms with Gasteiger partial charge in [0.05, 0.1) is 18.6 Å². The van der Waals surface area contributed by atoms with Crippen LogP contribution in [0, 0.1) is 23.7 Å². The van der Waals surface area contributed by atoms with Crippen LogP contribution in [0.25, 0.3) is 0 Å². The van der Waals surface area contributed by atoms with Gasteiger partial charge in [0.2, 0.25) is 76.8 Å². The van der Waals surface area contributed by atoms with Crippen molar-refractivity contribution in [3.05, 3.63) is 35.9 Å². The number of aliphatic hydroxyl groups excluding tert-OH is 1. The van der Waals surface area contributed by atoms with Crippen LogP contribution in [0.2, 0.25) is 0 Å². The number of carboxylic acid groups (broad SMARTS) is 3. The zero-order valence-corrected chi connectivity index (χ0v) is 65.8. The standard InChI is InChI=1S/C70H119N21O20S/c1-10-37(8)54(66(108)89-53(36(6)7)65(107)82-43(23-25-49(73)93)57(99)87-48(33-112)63(105)84-45(68(110)111)22-17-29-79-70(76)77)90-59(101)42(21-16-28-78-69(74)75)81-61(103)46(30-34(2)3)85-62(104)47(31-39-18-12-11-13-19-39)86-67(109)55(38(9)92)91-60(102)44(24-26-50(94)95)83-64(106)52(35(4)5)88-58(100)41(20-14-15-27-71)80-56(98)40(72)32-51(96)97/h11-13,18-19,34-38,40-48,52-55,92,112H,10,14-17,20-33,71-72H2,1-9H3,(H2,73,93)(H,80,98)(H,81,103)(H,82,107)(H,83,106)(H,84,105)(H,85,104)(H,86,109)(H,87,99)(H,88,100)(H,89,108)(H,90,101)(H,91,102)(H,94,95)(H,96,97)(H,110,111)(H4,74,75,78)(H4,76,77,79)/t37-,38+,40-,41-,42-,43-,44-,45-,46-,47-,48-,52-,53-,54-,55-/m0/s1. The number of nitrogens with zero attached hydrogens (tertiary/aromatic N) is 2. The Morgan fingerprint density at radius 3 is 1.25 bits per heavy atom. The van der Waals surface area contributed by atoms with Gasteiger partial charge in [-0.05, 0) is 107 Å². The van der Waals surface area contributed by atoms with Crippen LogP contribution in [0.15, 0.2) is 40.3 Å². The average molecular weight is 1610 g/mol. The van der Waals surface area contributed by atoms with Crippen LogP contribution in [0.5, 0.6) is 0 Å². The number of aliphatic hydroxyl groups is 1. The van der Waals surface area contributed by atoms with Gasteiger partial charge in [0.25, 0.3) is 0 Å². The van der Waals surface area contributed by atoms with Crippen molar-refractivity contribution in [2.24, 2.45) is 73.8 Å². The minimum Gasteiger partial charge on any atom is -0.481 e. The van der Waals surface area contributed by atoms with E-state index in [0.29, 0.717) is 18.4 Å². The molecular formula is C70H119N21O20S. The normalized spacial score (nSPS) is 15.2. The fourth-order valence-electron chi connectivity index (χ4n) is 11.0. The summed E-state index contributed by atoms with van der Waals surface area (Å²) in [5.74, 6) is -20.7. The number of aliphatic imine (C=N–C) groups is 2. The largest absolute Gasteiger partial charge is 0.481 e. The molecule has 0 saturated carbocycles. The lowest BCUT2D eigenvalue weighted by Crippen LogP contribution is -2.63. The number of nitrogens with two attached hydrogens (primary N) is 7. The molecule has 0 aliphatic carbocycles. The molecule has 0 spiro atoms. The fraction of sp³-hybridized carbons (Fsp3) is 0.657. The summed E-state index contributed by atoms with van der Waals surface area (Å²) < 4.78 is 0. The number of hydrogen-bond donors (Lipinski definition) is 24. The number of rotatable bonds is 55. The second-order valence-electron chi connectivity index (χ2n) is 28.2. The van der Waals surface area contributed by atoms with E-state index < -0.39 is 229 Å². The highest BCUT2D eigenvalue weighted by molar-refractivity contribution is 7.80. The zero-order chi connectivity index (χ0) is 85.2. The Morgan fingerprint density at radius 1 is 0.429 bits per heavy atom. The van der Waals surface area contributed by atoms with Gasteiger partial charge >= 0.3 is 17.9 Å². The van der Waals surface area contributed by atoms with Gasteiger partial charge in [0.15, 0.2) is 11.9 Å². The minimum absolute atomic E-state index is 0.0266. The van der Waals surface area contributed by atoms with Gasteiger partial charge in [0.1, 0.15) is 72.5 Å². The monoisotopic (exact) mass is 1610 g/mol. The van der Waals surface area contributed by atoms with Crippen molar-refractivity contribution < 1.29 is 97.1 Å². The van der Waals surface area contributed by atoms with Gasteiger partial charge in [-0.2, -0.15) is 12.6 Å². The van der Waals surface area contributed by atoms with E-state index in [2.05, 4.69) is 86.4 Å². The SMILES string of the molecule is CC[C@H](C)[C@H](NC(=O)[C@H](CCCN=C(N)N)NC(=O)[C@H](CC(C)C)NC(=O)[C@H](Cc1ccccc1)NC(=O)[C@@H](NC(=O)[C@H](CCC(=O)O)NC(=O)[C@@H](NC(=O)[C@H](CCCCN)NC(=O)[C@@H](N)CC(=O)O)C(C)C)[C@@H](C)O)C(=O)N[C@H](C(=O)N[C@@H](CCC(N)=O)C(=O)N[C@@H](CS)C(=O)N[C@@H](CCCN=C(N)N)C(=O)O)C(C)C. The first kappa shape index (κ1) is 99.5. The summed E-state index contributed by atoms with van der Waals surface area (Å²) >= 11 is 4.16. The number of unbranched alkanes of at least 4 members (excludes halogenated alkanes) is 1. The third-order valence-electron chi connectivity index (χ3n) is 17.5. The lowest BCUT2D eigenvalue weighted by molar-refractivity contribution is -0.142. The molecule has 30 N–H and O–H groups in total. The molecular weight excluding hydrogens is 1490 g/mol. The summed E-state index contributed by atoms with van der Waals surface area (Å²) in [6.07, 6.45) is -4.42. The Balaban J connectivity index is 3.77. The smallest absolute Gasteiger partial charge is 0.326 e. The Hall–Kier alpha value is -10.5. The third-order valence-corrected chi connectivity index (χ3v) is 17.8. The fourth-order valence-corrected chi connectivity index (χ4v) is 11.2. The van der Waals surface area contributed by atoms with Gasteiger partial charge < -0.3 is 124 Å².